The van der Waals surface area contributed by atoms with E-state index in [1.54, 1.807) is 55.6 Å². The molecule has 3 saturated heterocycles. The predicted molar refractivity (Wildman–Crippen MR) is 263 cm³/mol. The molecule has 342 valence electrons. The van der Waals surface area contributed by atoms with Gasteiger partial charge in [-0.05, 0) is 91.2 Å². The van der Waals surface area contributed by atoms with Gasteiger partial charge in [0.1, 0.15) is 6.33 Å². The first-order chi connectivity index (χ1) is 28.2. The Morgan fingerprint density at radius 3 is 0.719 bits per heavy atom. The van der Waals surface area contributed by atoms with E-state index in [2.05, 4.69) is 66.1 Å². The van der Waals surface area contributed by atoms with Crippen molar-refractivity contribution >= 4 is 0 Å². The van der Waals surface area contributed by atoms with Gasteiger partial charge in [-0.2, -0.15) is 0 Å². The average molecular weight is 808 g/mol. The highest BCUT2D eigenvalue weighted by molar-refractivity contribution is 4.88. The van der Waals surface area contributed by atoms with E-state index in [0.29, 0.717) is 0 Å². The van der Waals surface area contributed by atoms with Crippen molar-refractivity contribution in [2.45, 2.75) is 163 Å². The van der Waals surface area contributed by atoms with E-state index in [1.807, 2.05) is 143 Å². The van der Waals surface area contributed by atoms with Gasteiger partial charge in [0.05, 0.1) is 0 Å². The molecule has 3 aromatic rings. The highest BCUT2D eigenvalue weighted by Crippen LogP contribution is 2.04. The van der Waals surface area contributed by atoms with Gasteiger partial charge in [-0.3, -0.25) is 15.0 Å². The van der Waals surface area contributed by atoms with Crippen LogP contribution in [-0.4, -0.2) is 113 Å². The average Bonchev–Trinajstić information content (AvgIpc) is 3.36. The molecule has 0 spiro atoms. The SMILES string of the molecule is C1CCNCC1.CC.CC.CC.CC.CC.CC.CC.CC.CC.CN1CCCCC1.CN1CCN(C)CC1.c1ccncc1.c1cnccn1.c1cncnc1. The fourth-order valence-electron chi connectivity index (χ4n) is 3.58. The van der Waals surface area contributed by atoms with Crippen LogP contribution in [0.5, 0.6) is 0 Å². The van der Waals surface area contributed by atoms with Gasteiger partial charge in [0, 0.05) is 75.8 Å². The largest absolute Gasteiger partial charge is 0.317 e. The summed E-state index contributed by atoms with van der Waals surface area (Å²) in [4.78, 5) is 25.7. The molecule has 3 fully saturated rings. The molecule has 0 aliphatic carbocycles. The molecule has 0 amide bonds. The molecule has 0 unspecified atom stereocenters. The van der Waals surface area contributed by atoms with Gasteiger partial charge in [0.15, 0.2) is 0 Å². The summed E-state index contributed by atoms with van der Waals surface area (Å²) in [5, 5.41) is 3.28. The van der Waals surface area contributed by atoms with E-state index in [4.69, 9.17) is 0 Å². The maximum absolute atomic E-state index is 3.78. The van der Waals surface area contributed by atoms with Crippen molar-refractivity contribution in [3.8, 4) is 0 Å². The van der Waals surface area contributed by atoms with E-state index in [1.165, 1.54) is 97.2 Å². The first kappa shape index (κ1) is 75.0. The third-order valence-electron chi connectivity index (χ3n) is 6.04. The van der Waals surface area contributed by atoms with Crippen LogP contribution in [0.15, 0.2) is 80.2 Å². The van der Waals surface area contributed by atoms with Crippen molar-refractivity contribution in [3.05, 3.63) is 80.2 Å². The highest BCUT2D eigenvalue weighted by Gasteiger charge is 2.07. The third kappa shape index (κ3) is 90.7. The zero-order valence-electron chi connectivity index (χ0n) is 42.5. The summed E-state index contributed by atoms with van der Waals surface area (Å²) in [6.45, 7) is 46.1. The molecular formula is C48H105N9. The number of likely N-dealkylation sites (tertiary alicyclic amines) is 1. The molecule has 9 heteroatoms. The Hall–Kier alpha value is -2.85. The standard InChI is InChI=1S/C6H14N2.C6H13N.C5H11N.C5H5N.2C4H4N2.9C2H6/c1-7-3-5-8(2)6-4-7;1-7-5-3-2-4-6-7;2*1-2-4-6-5-3-1;1-2-6-4-3-5-1;1-2-5-4-6-3-1;9*1-2/h3-6H2,1-2H3;2-6H2,1H3;6H,1-5H2;1-5H;2*1-4H;9*1-2H3. The van der Waals surface area contributed by atoms with Crippen molar-refractivity contribution in [3.63, 3.8) is 0 Å². The fourth-order valence-corrected chi connectivity index (χ4v) is 3.58. The molecule has 3 aromatic heterocycles. The number of pyridine rings is 1. The number of likely N-dealkylation sites (N-methyl/N-ethyl adjacent to an activating group) is 2. The number of piperazine rings is 1. The summed E-state index contributed by atoms with van der Waals surface area (Å²) in [6.07, 6.45) is 23.4. The first-order valence-corrected chi connectivity index (χ1v) is 23.2. The zero-order chi connectivity index (χ0) is 46.1. The Bertz CT molecular complexity index is 639. The molecule has 6 rings (SSSR count). The maximum atomic E-state index is 3.78. The van der Waals surface area contributed by atoms with Crippen LogP contribution in [0, 0.1) is 0 Å². The quantitative estimate of drug-likeness (QED) is 0.239. The van der Waals surface area contributed by atoms with Crippen LogP contribution in [0.1, 0.15) is 163 Å². The van der Waals surface area contributed by atoms with Crippen LogP contribution in [0.25, 0.3) is 0 Å². The van der Waals surface area contributed by atoms with Crippen LogP contribution in [0.2, 0.25) is 0 Å². The molecule has 0 saturated carbocycles. The number of hydrogen-bond donors (Lipinski definition) is 1. The van der Waals surface area contributed by atoms with Gasteiger partial charge in [0.25, 0.3) is 0 Å². The Kier molecular flexibility index (Phi) is 124. The lowest BCUT2D eigenvalue weighted by atomic mass is 10.1. The van der Waals surface area contributed by atoms with Gasteiger partial charge in [-0.25, -0.2) is 9.97 Å². The highest BCUT2D eigenvalue weighted by atomic mass is 15.2. The summed E-state index contributed by atoms with van der Waals surface area (Å²) in [5.74, 6) is 0. The fraction of sp³-hybridized carbons (Fsp3) is 0.729. The molecule has 1 N–H and O–H groups in total. The monoisotopic (exact) mass is 808 g/mol. The summed E-state index contributed by atoms with van der Waals surface area (Å²) < 4.78 is 0. The Labute approximate surface area is 360 Å². The number of rotatable bonds is 0. The van der Waals surface area contributed by atoms with Gasteiger partial charge < -0.3 is 20.0 Å². The molecule has 3 aliphatic rings. The molecule has 0 atom stereocenters. The number of hydrogen-bond acceptors (Lipinski definition) is 9. The Morgan fingerprint density at radius 2 is 0.579 bits per heavy atom. The topological polar surface area (TPSA) is 86.2 Å². The van der Waals surface area contributed by atoms with Crippen LogP contribution in [0.3, 0.4) is 0 Å². The smallest absolute Gasteiger partial charge is 0.115 e. The minimum atomic E-state index is 1.23. The zero-order valence-corrected chi connectivity index (χ0v) is 42.5. The molecule has 6 heterocycles. The number of nitrogens with one attached hydrogen (secondary N) is 1. The summed E-state index contributed by atoms with van der Waals surface area (Å²) >= 11 is 0. The lowest BCUT2D eigenvalue weighted by Gasteiger charge is -2.28. The second-order valence-corrected chi connectivity index (χ2v) is 9.60. The molecule has 9 nitrogen and oxygen atoms in total. The van der Waals surface area contributed by atoms with Crippen molar-refractivity contribution in [2.75, 3.05) is 73.5 Å². The maximum Gasteiger partial charge on any atom is 0.115 e. The molecule has 3 aliphatic heterocycles. The van der Waals surface area contributed by atoms with Gasteiger partial charge in [0.2, 0.25) is 0 Å². The van der Waals surface area contributed by atoms with E-state index >= 15 is 0 Å². The van der Waals surface area contributed by atoms with E-state index < -0.39 is 0 Å². The minimum absolute atomic E-state index is 1.23. The molecule has 0 bridgehead atoms. The molecular weight excluding hydrogens is 703 g/mol. The van der Waals surface area contributed by atoms with Gasteiger partial charge >= 0.3 is 0 Å². The van der Waals surface area contributed by atoms with Crippen LogP contribution in [-0.2, 0) is 0 Å². The van der Waals surface area contributed by atoms with Gasteiger partial charge in [-0.1, -0.05) is 144 Å². The second-order valence-electron chi connectivity index (χ2n) is 9.60. The number of piperidine rings is 2. The van der Waals surface area contributed by atoms with Crippen molar-refractivity contribution in [1.82, 2.24) is 44.9 Å². The summed E-state index contributed by atoms with van der Waals surface area (Å²) in [7, 11) is 6.54. The van der Waals surface area contributed by atoms with E-state index in [9.17, 15) is 0 Å². The van der Waals surface area contributed by atoms with Crippen LogP contribution < -0.4 is 5.32 Å². The predicted octanol–water partition coefficient (Wildman–Crippen LogP) is 13.0. The van der Waals surface area contributed by atoms with Crippen LogP contribution in [0.4, 0.5) is 0 Å². The molecule has 0 aromatic carbocycles. The lowest BCUT2D eigenvalue weighted by Crippen LogP contribution is -2.42. The van der Waals surface area contributed by atoms with Crippen molar-refractivity contribution in [2.24, 2.45) is 0 Å². The van der Waals surface area contributed by atoms with Crippen LogP contribution >= 0.6 is 0 Å². The van der Waals surface area contributed by atoms with Gasteiger partial charge in [-0.15, -0.1) is 0 Å². The molecule has 0 radical (unpaired) electrons. The summed E-state index contributed by atoms with van der Waals surface area (Å²) in [5.41, 5.74) is 0. The van der Waals surface area contributed by atoms with E-state index in [-0.39, 0.29) is 0 Å². The minimum Gasteiger partial charge on any atom is -0.317 e. The molecule has 57 heavy (non-hydrogen) atoms. The Balaban J connectivity index is -0.0000000643. The second kappa shape index (κ2) is 94.3. The van der Waals surface area contributed by atoms with E-state index in [0.717, 1.165) is 0 Å². The Morgan fingerprint density at radius 1 is 0.298 bits per heavy atom. The number of aromatic nitrogens is 5. The first-order valence-electron chi connectivity index (χ1n) is 23.2. The van der Waals surface area contributed by atoms with Crippen molar-refractivity contribution < 1.29 is 0 Å². The lowest BCUT2D eigenvalue weighted by molar-refractivity contribution is 0.181. The summed E-state index contributed by atoms with van der Waals surface area (Å²) in [6, 6.07) is 7.49. The van der Waals surface area contributed by atoms with Crippen molar-refractivity contribution in [1.29, 1.82) is 0 Å². The third-order valence-corrected chi connectivity index (χ3v) is 6.04. The normalized spacial score (nSPS) is 12.8. The number of nitrogens with zero attached hydrogens (tertiary/aromatic N) is 8.